The Labute approximate surface area is 138 Å². The van der Waals surface area contributed by atoms with Crippen molar-refractivity contribution in [3.05, 3.63) is 33.8 Å². The summed E-state index contributed by atoms with van der Waals surface area (Å²) in [6, 6.07) is 3.39. The van der Waals surface area contributed by atoms with Crippen LogP contribution in [0.2, 0.25) is 10.0 Å². The van der Waals surface area contributed by atoms with E-state index < -0.39 is 27.8 Å². The number of carbonyl (C=O) groups is 2. The van der Waals surface area contributed by atoms with Crippen molar-refractivity contribution in [1.82, 2.24) is 10.2 Å². The highest BCUT2D eigenvalue weighted by Crippen LogP contribution is 2.24. The first-order valence-corrected chi connectivity index (χ1v) is 9.22. The quantitative estimate of drug-likeness (QED) is 0.808. The number of halogens is 2. The Bertz CT molecular complexity index is 721. The lowest BCUT2D eigenvalue weighted by Crippen LogP contribution is -2.32. The number of sulfone groups is 1. The minimum Gasteiger partial charge on any atom is -0.326 e. The summed E-state index contributed by atoms with van der Waals surface area (Å²) >= 11 is 11.8. The predicted molar refractivity (Wildman–Crippen MR) is 83.7 cm³/mol. The van der Waals surface area contributed by atoms with Crippen LogP contribution in [0.25, 0.3) is 0 Å². The molecule has 1 aliphatic heterocycles. The van der Waals surface area contributed by atoms with Crippen LogP contribution in [0.15, 0.2) is 18.2 Å². The fourth-order valence-corrected chi connectivity index (χ4v) is 3.21. The summed E-state index contributed by atoms with van der Waals surface area (Å²) in [4.78, 5) is 25.1. The molecule has 1 aromatic carbocycles. The van der Waals surface area contributed by atoms with Gasteiger partial charge in [0.05, 0.1) is 12.3 Å². The Hall–Kier alpha value is -1.31. The van der Waals surface area contributed by atoms with E-state index in [1.165, 1.54) is 6.07 Å². The summed E-state index contributed by atoms with van der Waals surface area (Å²) in [5.74, 6) is -0.626. The summed E-state index contributed by atoms with van der Waals surface area (Å²) in [6.07, 6.45) is 1.13. The highest BCUT2D eigenvalue weighted by Gasteiger charge is 2.38. The maximum absolute atomic E-state index is 12.2. The molecule has 1 saturated heterocycles. The van der Waals surface area contributed by atoms with E-state index in [1.54, 1.807) is 12.1 Å². The molecule has 1 aliphatic rings. The molecule has 0 aliphatic carbocycles. The van der Waals surface area contributed by atoms with Crippen molar-refractivity contribution in [3.8, 4) is 0 Å². The normalized spacial score (nSPS) is 18.7. The Morgan fingerprint density at radius 3 is 2.55 bits per heavy atom. The van der Waals surface area contributed by atoms with Crippen molar-refractivity contribution in [2.75, 3.05) is 12.0 Å². The molecule has 0 spiro atoms. The summed E-state index contributed by atoms with van der Waals surface area (Å²) < 4.78 is 22.3. The maximum atomic E-state index is 12.2. The second-order valence-corrected chi connectivity index (χ2v) is 8.18. The molecular formula is C13H14Cl2N2O4S. The number of imide groups is 1. The van der Waals surface area contributed by atoms with E-state index in [2.05, 4.69) is 5.32 Å². The monoisotopic (exact) mass is 364 g/mol. The molecule has 0 saturated carbocycles. The van der Waals surface area contributed by atoms with Crippen LogP contribution >= 0.6 is 23.2 Å². The smallest absolute Gasteiger partial charge is 0.325 e. The highest BCUT2D eigenvalue weighted by molar-refractivity contribution is 7.90. The predicted octanol–water partition coefficient (Wildman–Crippen LogP) is 1.85. The molecule has 0 radical (unpaired) electrons. The van der Waals surface area contributed by atoms with Gasteiger partial charge in [-0.3, -0.25) is 9.69 Å². The SMILES string of the molecule is CS(=O)(=O)CC[C@@H]1NC(=O)N(Cc2ccc(Cl)cc2Cl)C1=O. The molecule has 0 aromatic heterocycles. The second kappa shape index (κ2) is 6.44. The van der Waals surface area contributed by atoms with Crippen LogP contribution in [-0.4, -0.2) is 43.3 Å². The van der Waals surface area contributed by atoms with Crippen molar-refractivity contribution < 1.29 is 18.0 Å². The largest absolute Gasteiger partial charge is 0.326 e. The Kier molecular flexibility index (Phi) is 4.99. The Balaban J connectivity index is 2.09. The van der Waals surface area contributed by atoms with Gasteiger partial charge in [-0.1, -0.05) is 29.3 Å². The van der Waals surface area contributed by atoms with Crippen LogP contribution in [0.5, 0.6) is 0 Å². The topological polar surface area (TPSA) is 83.6 Å². The third-order valence-corrected chi connectivity index (χ3v) is 4.79. The lowest BCUT2D eigenvalue weighted by Gasteiger charge is -2.14. The number of benzene rings is 1. The van der Waals surface area contributed by atoms with Gasteiger partial charge in [-0.05, 0) is 24.1 Å². The number of amides is 3. The van der Waals surface area contributed by atoms with Gasteiger partial charge in [0.1, 0.15) is 15.9 Å². The number of hydrogen-bond acceptors (Lipinski definition) is 4. The van der Waals surface area contributed by atoms with Crippen LogP contribution in [-0.2, 0) is 21.2 Å². The average Bonchev–Trinajstić information content (AvgIpc) is 2.66. The first kappa shape index (κ1) is 17.1. The Morgan fingerprint density at radius 2 is 1.95 bits per heavy atom. The molecule has 9 heteroatoms. The Morgan fingerprint density at radius 1 is 1.27 bits per heavy atom. The van der Waals surface area contributed by atoms with E-state index in [1.807, 2.05) is 0 Å². The van der Waals surface area contributed by atoms with Gasteiger partial charge in [0.25, 0.3) is 5.91 Å². The molecule has 1 N–H and O–H groups in total. The molecule has 2 rings (SSSR count). The second-order valence-electron chi connectivity index (χ2n) is 5.08. The zero-order valence-electron chi connectivity index (χ0n) is 11.7. The number of hydrogen-bond donors (Lipinski definition) is 1. The van der Waals surface area contributed by atoms with E-state index in [4.69, 9.17) is 23.2 Å². The maximum Gasteiger partial charge on any atom is 0.325 e. The molecule has 120 valence electrons. The van der Waals surface area contributed by atoms with Crippen molar-refractivity contribution in [2.24, 2.45) is 0 Å². The highest BCUT2D eigenvalue weighted by atomic mass is 35.5. The zero-order chi connectivity index (χ0) is 16.5. The first-order valence-electron chi connectivity index (χ1n) is 6.41. The molecule has 1 aromatic rings. The molecule has 22 heavy (non-hydrogen) atoms. The van der Waals surface area contributed by atoms with Crippen molar-refractivity contribution in [1.29, 1.82) is 0 Å². The molecule has 3 amide bonds. The van der Waals surface area contributed by atoms with Gasteiger partial charge >= 0.3 is 6.03 Å². The van der Waals surface area contributed by atoms with Crippen LogP contribution in [0.3, 0.4) is 0 Å². The van der Waals surface area contributed by atoms with E-state index in [0.717, 1.165) is 11.2 Å². The van der Waals surface area contributed by atoms with E-state index >= 15 is 0 Å². The summed E-state index contributed by atoms with van der Waals surface area (Å²) in [5, 5.41) is 3.29. The van der Waals surface area contributed by atoms with E-state index in [0.29, 0.717) is 15.6 Å². The zero-order valence-corrected chi connectivity index (χ0v) is 14.0. The van der Waals surface area contributed by atoms with Gasteiger partial charge in [-0.2, -0.15) is 0 Å². The van der Waals surface area contributed by atoms with Gasteiger partial charge in [0.15, 0.2) is 0 Å². The lowest BCUT2D eigenvalue weighted by atomic mass is 10.2. The van der Waals surface area contributed by atoms with E-state index in [-0.39, 0.29) is 18.7 Å². The number of nitrogens with one attached hydrogen (secondary N) is 1. The van der Waals surface area contributed by atoms with Crippen LogP contribution in [0, 0.1) is 0 Å². The summed E-state index contributed by atoms with van der Waals surface area (Å²) in [6.45, 7) is 0.00996. The van der Waals surface area contributed by atoms with Gasteiger partial charge in [0, 0.05) is 16.3 Å². The van der Waals surface area contributed by atoms with Gasteiger partial charge in [0.2, 0.25) is 0 Å². The minimum atomic E-state index is -3.20. The molecule has 0 bridgehead atoms. The fraction of sp³-hybridized carbons (Fsp3) is 0.385. The van der Waals surface area contributed by atoms with Gasteiger partial charge in [-0.15, -0.1) is 0 Å². The fourth-order valence-electron chi connectivity index (χ4n) is 2.07. The van der Waals surface area contributed by atoms with Crippen molar-refractivity contribution >= 4 is 45.0 Å². The number of nitrogens with zero attached hydrogens (tertiary/aromatic N) is 1. The standard InChI is InChI=1S/C13H14Cl2N2O4S/c1-22(20,21)5-4-11-12(18)17(13(19)16-11)7-8-2-3-9(14)6-10(8)15/h2-3,6,11H,4-5,7H2,1H3,(H,16,19)/t11-/m0/s1. The minimum absolute atomic E-state index is 0.00996. The van der Waals surface area contributed by atoms with Crippen LogP contribution in [0.1, 0.15) is 12.0 Å². The third-order valence-electron chi connectivity index (χ3n) is 3.23. The van der Waals surface area contributed by atoms with Crippen LogP contribution in [0.4, 0.5) is 4.79 Å². The average molecular weight is 365 g/mol. The number of rotatable bonds is 5. The molecule has 6 nitrogen and oxygen atoms in total. The molecule has 1 fully saturated rings. The summed E-state index contributed by atoms with van der Waals surface area (Å²) in [5.41, 5.74) is 0.582. The summed E-state index contributed by atoms with van der Waals surface area (Å²) in [7, 11) is -3.20. The molecule has 1 atom stereocenters. The van der Waals surface area contributed by atoms with Crippen molar-refractivity contribution in [3.63, 3.8) is 0 Å². The third kappa shape index (κ3) is 4.12. The molecule has 0 unspecified atom stereocenters. The number of carbonyl (C=O) groups excluding carboxylic acids is 2. The van der Waals surface area contributed by atoms with E-state index in [9.17, 15) is 18.0 Å². The molecular weight excluding hydrogens is 351 g/mol. The molecule has 1 heterocycles. The number of urea groups is 1. The van der Waals surface area contributed by atoms with Gasteiger partial charge in [-0.25, -0.2) is 13.2 Å². The van der Waals surface area contributed by atoms with Crippen LogP contribution < -0.4 is 5.32 Å². The van der Waals surface area contributed by atoms with Gasteiger partial charge < -0.3 is 5.32 Å². The first-order chi connectivity index (χ1) is 10.2. The lowest BCUT2D eigenvalue weighted by molar-refractivity contribution is -0.127. The van der Waals surface area contributed by atoms with Crippen molar-refractivity contribution in [2.45, 2.75) is 19.0 Å².